The standard InChI is InChI=1S/C42H41BrN2O5/c1-2-48-38-12-7-6-11-33(38)25-26-44-41(47)42(29-30-13-21-36(43)22-14-30)39(34-17-15-32(16-18-34)31-9-4-3-5-10-31)50-40(45-42)35-19-23-37(24-20-35)49-28-8-27-46/h3-7,9-24,39,46H,2,8,25-29H2,1H3,(H,44,47)/t39-,42-/m1/s1. The van der Waals surface area contributed by atoms with Gasteiger partial charge in [-0.1, -0.05) is 101 Å². The van der Waals surface area contributed by atoms with E-state index in [0.29, 0.717) is 50.7 Å². The molecular weight excluding hydrogens is 692 g/mol. The maximum atomic E-state index is 14.7. The minimum Gasteiger partial charge on any atom is -0.494 e. The number of aliphatic hydroxyl groups is 1. The lowest BCUT2D eigenvalue weighted by molar-refractivity contribution is -0.128. The van der Waals surface area contributed by atoms with Gasteiger partial charge in [0.2, 0.25) is 5.90 Å². The molecule has 5 aromatic rings. The zero-order chi connectivity index (χ0) is 34.8. The van der Waals surface area contributed by atoms with E-state index in [-0.39, 0.29) is 12.5 Å². The van der Waals surface area contributed by atoms with Crippen molar-refractivity contribution in [2.75, 3.05) is 26.4 Å². The van der Waals surface area contributed by atoms with Gasteiger partial charge in [-0.15, -0.1) is 0 Å². The lowest BCUT2D eigenvalue weighted by Gasteiger charge is -2.31. The second-order valence-corrected chi connectivity index (χ2v) is 13.0. The van der Waals surface area contributed by atoms with E-state index >= 15 is 0 Å². The number of carbonyl (C=O) groups excluding carboxylic acids is 1. The molecule has 0 saturated carbocycles. The Bertz CT molecular complexity index is 1880. The fourth-order valence-electron chi connectivity index (χ4n) is 6.15. The molecule has 0 spiro atoms. The number of aliphatic hydroxyl groups excluding tert-OH is 1. The lowest BCUT2D eigenvalue weighted by Crippen LogP contribution is -2.50. The number of carbonyl (C=O) groups is 1. The molecule has 1 amide bonds. The van der Waals surface area contributed by atoms with Crippen molar-refractivity contribution in [3.8, 4) is 22.6 Å². The van der Waals surface area contributed by atoms with Crippen molar-refractivity contribution in [3.63, 3.8) is 0 Å². The summed E-state index contributed by atoms with van der Waals surface area (Å²) >= 11 is 3.55. The first-order valence-electron chi connectivity index (χ1n) is 17.0. The number of para-hydroxylation sites is 1. The van der Waals surface area contributed by atoms with Crippen LogP contribution in [0, 0.1) is 0 Å². The summed E-state index contributed by atoms with van der Waals surface area (Å²) in [6.07, 6.45) is 0.760. The van der Waals surface area contributed by atoms with Crippen LogP contribution in [-0.4, -0.2) is 48.8 Å². The molecule has 1 aliphatic rings. The molecule has 0 radical (unpaired) electrons. The van der Waals surface area contributed by atoms with Gasteiger partial charge in [0, 0.05) is 36.0 Å². The minimum atomic E-state index is -1.31. The Labute approximate surface area is 302 Å². The maximum absolute atomic E-state index is 14.7. The van der Waals surface area contributed by atoms with Crippen molar-refractivity contribution < 1.29 is 24.1 Å². The number of rotatable bonds is 15. The summed E-state index contributed by atoms with van der Waals surface area (Å²) < 4.78 is 19.3. The molecule has 0 saturated heterocycles. The first kappa shape index (κ1) is 34.9. The van der Waals surface area contributed by atoms with Crippen LogP contribution in [0.15, 0.2) is 137 Å². The smallest absolute Gasteiger partial charge is 0.252 e. The monoisotopic (exact) mass is 732 g/mol. The molecule has 1 heterocycles. The van der Waals surface area contributed by atoms with Crippen molar-refractivity contribution in [3.05, 3.63) is 154 Å². The number of hydrogen-bond donors (Lipinski definition) is 2. The predicted molar refractivity (Wildman–Crippen MR) is 201 cm³/mol. The van der Waals surface area contributed by atoms with Crippen LogP contribution >= 0.6 is 15.9 Å². The van der Waals surface area contributed by atoms with Gasteiger partial charge in [-0.3, -0.25) is 4.79 Å². The SMILES string of the molecule is CCOc1ccccc1CCNC(=O)[C@]1(Cc2ccc(Br)cc2)N=C(c2ccc(OCCCO)cc2)O[C@@H]1c1ccc(-c2ccccc2)cc1. The van der Waals surface area contributed by atoms with Crippen LogP contribution in [0.1, 0.15) is 41.7 Å². The van der Waals surface area contributed by atoms with E-state index in [1.54, 1.807) is 0 Å². The molecule has 7 nitrogen and oxygen atoms in total. The van der Waals surface area contributed by atoms with Crippen molar-refractivity contribution in [1.82, 2.24) is 5.32 Å². The molecule has 2 N–H and O–H groups in total. The van der Waals surface area contributed by atoms with Crippen LogP contribution in [0.2, 0.25) is 0 Å². The normalized spacial score (nSPS) is 16.7. The molecule has 0 aromatic heterocycles. The Balaban J connectivity index is 1.37. The maximum Gasteiger partial charge on any atom is 0.252 e. The Morgan fingerprint density at radius 1 is 0.840 bits per heavy atom. The number of hydrogen-bond acceptors (Lipinski definition) is 6. The molecule has 0 unspecified atom stereocenters. The van der Waals surface area contributed by atoms with Gasteiger partial charge in [-0.2, -0.15) is 0 Å². The summed E-state index contributed by atoms with van der Waals surface area (Å²) in [6, 6.07) is 41.8. The molecule has 0 bridgehead atoms. The Morgan fingerprint density at radius 2 is 1.52 bits per heavy atom. The van der Waals surface area contributed by atoms with Crippen LogP contribution in [0.5, 0.6) is 11.5 Å². The highest BCUT2D eigenvalue weighted by molar-refractivity contribution is 9.10. The predicted octanol–water partition coefficient (Wildman–Crippen LogP) is 8.13. The number of nitrogens with one attached hydrogen (secondary N) is 1. The third-order valence-electron chi connectivity index (χ3n) is 8.69. The number of nitrogens with zero attached hydrogens (tertiary/aromatic N) is 1. The number of halogens is 1. The summed E-state index contributed by atoms with van der Waals surface area (Å²) in [4.78, 5) is 19.9. The van der Waals surface area contributed by atoms with Gasteiger partial charge in [0.25, 0.3) is 5.91 Å². The highest BCUT2D eigenvalue weighted by atomic mass is 79.9. The van der Waals surface area contributed by atoms with Crippen LogP contribution in [0.25, 0.3) is 11.1 Å². The topological polar surface area (TPSA) is 89.4 Å². The van der Waals surface area contributed by atoms with Gasteiger partial charge >= 0.3 is 0 Å². The first-order chi connectivity index (χ1) is 24.5. The molecule has 1 aliphatic heterocycles. The molecule has 0 aliphatic carbocycles. The molecule has 0 fully saturated rings. The number of aliphatic imine (C=N–C) groups is 1. The van der Waals surface area contributed by atoms with Crippen LogP contribution in [0.4, 0.5) is 0 Å². The van der Waals surface area contributed by atoms with Crippen molar-refractivity contribution >= 4 is 27.7 Å². The summed E-state index contributed by atoms with van der Waals surface area (Å²) in [6.45, 7) is 3.41. The third-order valence-corrected chi connectivity index (χ3v) is 9.22. The molecule has 50 heavy (non-hydrogen) atoms. The van der Waals surface area contributed by atoms with Gasteiger partial charge in [0.15, 0.2) is 11.6 Å². The van der Waals surface area contributed by atoms with E-state index in [1.165, 1.54) is 0 Å². The van der Waals surface area contributed by atoms with Gasteiger partial charge in [0.05, 0.1) is 13.2 Å². The van der Waals surface area contributed by atoms with Crippen molar-refractivity contribution in [1.29, 1.82) is 0 Å². The molecular formula is C42H41BrN2O5. The van der Waals surface area contributed by atoms with Crippen LogP contribution < -0.4 is 14.8 Å². The highest BCUT2D eigenvalue weighted by Crippen LogP contribution is 2.43. The van der Waals surface area contributed by atoms with E-state index in [1.807, 2.05) is 110 Å². The average Bonchev–Trinajstić information content (AvgIpc) is 3.54. The summed E-state index contributed by atoms with van der Waals surface area (Å²) in [5.41, 5.74) is 4.43. The third kappa shape index (κ3) is 8.26. The zero-order valence-corrected chi connectivity index (χ0v) is 29.6. The molecule has 5 aromatic carbocycles. The van der Waals surface area contributed by atoms with E-state index in [9.17, 15) is 4.79 Å². The second kappa shape index (κ2) is 16.7. The first-order valence-corrected chi connectivity index (χ1v) is 17.8. The van der Waals surface area contributed by atoms with Gasteiger partial charge in [-0.25, -0.2) is 4.99 Å². The summed E-state index contributed by atoms with van der Waals surface area (Å²) in [7, 11) is 0. The summed E-state index contributed by atoms with van der Waals surface area (Å²) in [5.74, 6) is 1.67. The van der Waals surface area contributed by atoms with Crippen LogP contribution in [0.3, 0.4) is 0 Å². The molecule has 256 valence electrons. The van der Waals surface area contributed by atoms with E-state index in [0.717, 1.165) is 43.6 Å². The fraction of sp³-hybridized carbons (Fsp3) is 0.238. The Hall–Kier alpha value is -4.92. The molecule has 6 rings (SSSR count). The number of ether oxygens (including phenoxy) is 3. The van der Waals surface area contributed by atoms with E-state index < -0.39 is 11.6 Å². The Morgan fingerprint density at radius 3 is 2.24 bits per heavy atom. The second-order valence-electron chi connectivity index (χ2n) is 12.1. The number of benzene rings is 5. The summed E-state index contributed by atoms with van der Waals surface area (Å²) in [5, 5.41) is 12.4. The minimum absolute atomic E-state index is 0.0674. The van der Waals surface area contributed by atoms with Crippen molar-refractivity contribution in [2.24, 2.45) is 4.99 Å². The number of amides is 1. The average molecular weight is 734 g/mol. The van der Waals surface area contributed by atoms with Gasteiger partial charge in [0.1, 0.15) is 11.5 Å². The largest absolute Gasteiger partial charge is 0.494 e. The lowest BCUT2D eigenvalue weighted by atomic mass is 9.81. The van der Waals surface area contributed by atoms with Crippen molar-refractivity contribution in [2.45, 2.75) is 37.8 Å². The quantitative estimate of drug-likeness (QED) is 0.106. The highest BCUT2D eigenvalue weighted by Gasteiger charge is 2.53. The van der Waals surface area contributed by atoms with Gasteiger partial charge in [-0.05, 0) is 83.6 Å². The van der Waals surface area contributed by atoms with Crippen LogP contribution in [-0.2, 0) is 22.4 Å². The fourth-order valence-corrected chi connectivity index (χ4v) is 6.41. The molecule has 2 atom stereocenters. The van der Waals surface area contributed by atoms with E-state index in [4.69, 9.17) is 24.3 Å². The van der Waals surface area contributed by atoms with Gasteiger partial charge < -0.3 is 24.6 Å². The molecule has 8 heteroatoms. The zero-order valence-electron chi connectivity index (χ0n) is 28.1. The Kier molecular flexibility index (Phi) is 11.6. The van der Waals surface area contributed by atoms with E-state index in [2.05, 4.69) is 45.5 Å².